The maximum absolute atomic E-state index is 13.6. The number of ether oxygens (including phenoxy) is 2. The molecule has 1 atom stereocenters. The minimum absolute atomic E-state index is 0.195. The lowest BCUT2D eigenvalue weighted by Crippen LogP contribution is -2.31. The first kappa shape index (κ1) is 14.8. The van der Waals surface area contributed by atoms with Gasteiger partial charge in [0.1, 0.15) is 0 Å². The molecule has 0 N–H and O–H groups in total. The Balaban J connectivity index is 1.87. The van der Waals surface area contributed by atoms with Crippen LogP contribution in [0.5, 0.6) is 5.75 Å². The van der Waals surface area contributed by atoms with Crippen LogP contribution in [0.4, 0.5) is 4.39 Å². The normalized spacial score (nSPS) is 23.8. The fourth-order valence-electron chi connectivity index (χ4n) is 2.54. The highest BCUT2D eigenvalue weighted by molar-refractivity contribution is 9.09. The van der Waals surface area contributed by atoms with Gasteiger partial charge in [-0.05, 0) is 49.8 Å². The van der Waals surface area contributed by atoms with Crippen LogP contribution in [0, 0.1) is 11.7 Å². The number of hydrogen-bond donors (Lipinski definition) is 0. The zero-order valence-corrected chi connectivity index (χ0v) is 13.0. The third-order valence-electron chi connectivity index (χ3n) is 3.67. The van der Waals surface area contributed by atoms with Gasteiger partial charge in [-0.15, -0.1) is 0 Å². The summed E-state index contributed by atoms with van der Waals surface area (Å²) in [7, 11) is 1.48. The van der Waals surface area contributed by atoms with E-state index >= 15 is 0 Å². The molecule has 0 radical (unpaired) electrons. The molecule has 2 nitrogen and oxygen atoms in total. The Kier molecular flexibility index (Phi) is 5.22. The van der Waals surface area contributed by atoms with E-state index in [0.717, 1.165) is 31.4 Å². The standard InChI is InChI=1S/C15H20BrFO2/c1-3-19-12-6-10(7-12)8-13(16)11-4-5-15(18-2)14(17)9-11/h4-5,9-10,12-13H,3,6-8H2,1-2H3. The fraction of sp³-hybridized carbons (Fsp3) is 0.600. The first-order valence-corrected chi connectivity index (χ1v) is 7.64. The number of rotatable bonds is 6. The SMILES string of the molecule is CCOC1CC(CC(Br)c2ccc(OC)c(F)c2)C1. The third kappa shape index (κ3) is 3.69. The molecule has 1 aromatic carbocycles. The molecule has 0 amide bonds. The molecule has 0 heterocycles. The summed E-state index contributed by atoms with van der Waals surface area (Å²) in [5.41, 5.74) is 0.971. The van der Waals surface area contributed by atoms with Gasteiger partial charge in [0.2, 0.25) is 0 Å². The number of hydrogen-bond acceptors (Lipinski definition) is 2. The monoisotopic (exact) mass is 330 g/mol. The van der Waals surface area contributed by atoms with E-state index in [-0.39, 0.29) is 10.6 Å². The zero-order chi connectivity index (χ0) is 13.8. The minimum Gasteiger partial charge on any atom is -0.494 e. The Labute approximate surface area is 122 Å². The zero-order valence-electron chi connectivity index (χ0n) is 11.4. The van der Waals surface area contributed by atoms with Gasteiger partial charge in [-0.2, -0.15) is 0 Å². The second-order valence-corrected chi connectivity index (χ2v) is 6.12. The van der Waals surface area contributed by atoms with Crippen molar-refractivity contribution in [3.63, 3.8) is 0 Å². The molecule has 0 bridgehead atoms. The van der Waals surface area contributed by atoms with Crippen LogP contribution in [0.1, 0.15) is 36.6 Å². The molecule has 1 unspecified atom stereocenters. The Hall–Kier alpha value is -0.610. The van der Waals surface area contributed by atoms with E-state index in [4.69, 9.17) is 9.47 Å². The molecule has 1 aliphatic rings. The summed E-state index contributed by atoms with van der Waals surface area (Å²) < 4.78 is 24.1. The topological polar surface area (TPSA) is 18.5 Å². The maximum atomic E-state index is 13.6. The lowest BCUT2D eigenvalue weighted by Gasteiger charge is -2.36. The second kappa shape index (κ2) is 6.71. The number of methoxy groups -OCH3 is 1. The molecule has 19 heavy (non-hydrogen) atoms. The van der Waals surface area contributed by atoms with Crippen LogP contribution < -0.4 is 4.74 Å². The summed E-state index contributed by atoms with van der Waals surface area (Å²) >= 11 is 3.65. The predicted octanol–water partition coefficient (Wildman–Crippen LogP) is 4.48. The van der Waals surface area contributed by atoms with E-state index in [9.17, 15) is 4.39 Å². The van der Waals surface area contributed by atoms with E-state index < -0.39 is 0 Å². The van der Waals surface area contributed by atoms with Crippen LogP contribution >= 0.6 is 15.9 Å². The van der Waals surface area contributed by atoms with Crippen LogP contribution in [-0.2, 0) is 4.74 Å². The highest BCUT2D eigenvalue weighted by Crippen LogP contribution is 2.40. The highest BCUT2D eigenvalue weighted by Gasteiger charge is 2.31. The van der Waals surface area contributed by atoms with Crippen molar-refractivity contribution < 1.29 is 13.9 Å². The van der Waals surface area contributed by atoms with E-state index in [0.29, 0.717) is 17.8 Å². The molecule has 0 aliphatic heterocycles. The van der Waals surface area contributed by atoms with Gasteiger partial charge in [-0.3, -0.25) is 0 Å². The van der Waals surface area contributed by atoms with Crippen LogP contribution in [0.15, 0.2) is 18.2 Å². The lowest BCUT2D eigenvalue weighted by molar-refractivity contribution is -0.0264. The van der Waals surface area contributed by atoms with Gasteiger partial charge in [-0.1, -0.05) is 22.0 Å². The molecule has 1 aliphatic carbocycles. The van der Waals surface area contributed by atoms with Crippen molar-refractivity contribution in [2.24, 2.45) is 5.92 Å². The van der Waals surface area contributed by atoms with Gasteiger partial charge in [-0.25, -0.2) is 4.39 Å². The summed E-state index contributed by atoms with van der Waals surface area (Å²) in [6.07, 6.45) is 3.70. The largest absolute Gasteiger partial charge is 0.494 e. The van der Waals surface area contributed by atoms with Gasteiger partial charge in [0, 0.05) is 11.4 Å². The van der Waals surface area contributed by atoms with Gasteiger partial charge in [0.15, 0.2) is 11.6 Å². The van der Waals surface area contributed by atoms with Crippen molar-refractivity contribution in [2.75, 3.05) is 13.7 Å². The summed E-state index contributed by atoms with van der Waals surface area (Å²) in [4.78, 5) is 0.195. The van der Waals surface area contributed by atoms with Crippen molar-refractivity contribution in [3.8, 4) is 5.75 Å². The molecule has 1 saturated carbocycles. The fourth-order valence-corrected chi connectivity index (χ4v) is 3.36. The molecule has 0 aromatic heterocycles. The minimum atomic E-state index is -0.301. The molecular formula is C15H20BrFO2. The van der Waals surface area contributed by atoms with Crippen LogP contribution in [0.25, 0.3) is 0 Å². The molecule has 106 valence electrons. The Morgan fingerprint density at radius 1 is 1.42 bits per heavy atom. The van der Waals surface area contributed by atoms with Gasteiger partial charge >= 0.3 is 0 Å². The van der Waals surface area contributed by atoms with Crippen LogP contribution in [0.3, 0.4) is 0 Å². The number of alkyl halides is 1. The quantitative estimate of drug-likeness (QED) is 0.716. The Bertz CT molecular complexity index is 419. The van der Waals surface area contributed by atoms with Crippen molar-refractivity contribution in [1.82, 2.24) is 0 Å². The first-order chi connectivity index (χ1) is 9.13. The second-order valence-electron chi connectivity index (χ2n) is 5.01. The smallest absolute Gasteiger partial charge is 0.165 e. The average molecular weight is 331 g/mol. The Morgan fingerprint density at radius 3 is 2.74 bits per heavy atom. The molecule has 0 spiro atoms. The Morgan fingerprint density at radius 2 is 2.16 bits per heavy atom. The first-order valence-electron chi connectivity index (χ1n) is 6.73. The molecule has 1 fully saturated rings. The van der Waals surface area contributed by atoms with E-state index in [1.54, 1.807) is 12.1 Å². The van der Waals surface area contributed by atoms with E-state index in [1.807, 2.05) is 13.0 Å². The summed E-state index contributed by atoms with van der Waals surface area (Å²) in [5, 5.41) is 0. The molecule has 0 saturated heterocycles. The van der Waals surface area contributed by atoms with Crippen molar-refractivity contribution >= 4 is 15.9 Å². The van der Waals surface area contributed by atoms with E-state index in [1.165, 1.54) is 7.11 Å². The summed E-state index contributed by atoms with van der Waals surface area (Å²) in [6, 6.07) is 5.15. The third-order valence-corrected chi connectivity index (χ3v) is 4.58. The molecule has 1 aromatic rings. The highest BCUT2D eigenvalue weighted by atomic mass is 79.9. The summed E-state index contributed by atoms with van der Waals surface area (Å²) in [5.74, 6) is 0.667. The summed E-state index contributed by atoms with van der Waals surface area (Å²) in [6.45, 7) is 2.82. The number of benzene rings is 1. The van der Waals surface area contributed by atoms with Crippen LogP contribution in [-0.4, -0.2) is 19.8 Å². The van der Waals surface area contributed by atoms with Gasteiger partial charge < -0.3 is 9.47 Å². The van der Waals surface area contributed by atoms with Crippen molar-refractivity contribution in [2.45, 2.75) is 37.1 Å². The van der Waals surface area contributed by atoms with Gasteiger partial charge in [0.25, 0.3) is 0 Å². The maximum Gasteiger partial charge on any atom is 0.165 e. The van der Waals surface area contributed by atoms with Crippen LogP contribution in [0.2, 0.25) is 0 Å². The van der Waals surface area contributed by atoms with Gasteiger partial charge in [0.05, 0.1) is 13.2 Å². The average Bonchev–Trinajstić information content (AvgIpc) is 2.36. The number of halogens is 2. The molecule has 4 heteroatoms. The lowest BCUT2D eigenvalue weighted by atomic mass is 9.78. The predicted molar refractivity (Wildman–Crippen MR) is 77.4 cm³/mol. The molecular weight excluding hydrogens is 311 g/mol. The molecule has 2 rings (SSSR count). The van der Waals surface area contributed by atoms with E-state index in [2.05, 4.69) is 15.9 Å². The van der Waals surface area contributed by atoms with Crippen molar-refractivity contribution in [1.29, 1.82) is 0 Å². The van der Waals surface area contributed by atoms with Crippen molar-refractivity contribution in [3.05, 3.63) is 29.6 Å².